The molecule has 1 aliphatic heterocycles. The number of hydrogen-bond acceptors (Lipinski definition) is 8. The molecule has 5 N–H and O–H groups in total. The number of aromatic nitrogens is 1. The van der Waals surface area contributed by atoms with Crippen LogP contribution in [0.25, 0.3) is 0 Å². The van der Waals surface area contributed by atoms with Crippen LogP contribution in [-0.2, 0) is 10.3 Å². The number of anilines is 2. The van der Waals surface area contributed by atoms with E-state index in [9.17, 15) is 18.0 Å². The molecule has 1 aromatic carbocycles. The first kappa shape index (κ1) is 20.9. The predicted octanol–water partition coefficient (Wildman–Crippen LogP) is 2.13. The Hall–Kier alpha value is -3.85. The molecule has 0 spiro atoms. The molecule has 12 heteroatoms. The van der Waals surface area contributed by atoms with Crippen molar-refractivity contribution in [3.05, 3.63) is 47.4 Å². The Bertz CT molecular complexity index is 1060. The SMILES string of the molecule is N#Cc1cnc(OC(=O)Nc2ccc(F)c(C3(C(F)F)COCC(N)=N3)c2)c(N)c1. The Morgan fingerprint density at radius 3 is 2.77 bits per heavy atom. The van der Waals surface area contributed by atoms with Crippen molar-refractivity contribution in [1.29, 1.82) is 5.26 Å². The van der Waals surface area contributed by atoms with Gasteiger partial charge in [0.2, 0.25) is 5.88 Å². The van der Waals surface area contributed by atoms with Crippen molar-refractivity contribution in [2.75, 3.05) is 24.3 Å². The van der Waals surface area contributed by atoms with Gasteiger partial charge in [-0.05, 0) is 24.3 Å². The molecule has 9 nitrogen and oxygen atoms in total. The summed E-state index contributed by atoms with van der Waals surface area (Å²) in [6.45, 7) is -0.749. The van der Waals surface area contributed by atoms with Gasteiger partial charge in [-0.25, -0.2) is 22.9 Å². The second kappa shape index (κ2) is 8.26. The van der Waals surface area contributed by atoms with Crippen LogP contribution in [0, 0.1) is 17.1 Å². The van der Waals surface area contributed by atoms with Crippen LogP contribution in [0.5, 0.6) is 5.88 Å². The Kier molecular flexibility index (Phi) is 5.74. The second-order valence-electron chi connectivity index (χ2n) is 6.26. The molecule has 1 atom stereocenters. The molecule has 1 amide bonds. The van der Waals surface area contributed by atoms with Crippen LogP contribution in [0.2, 0.25) is 0 Å². The molecule has 2 aromatic rings. The van der Waals surface area contributed by atoms with Gasteiger partial charge in [-0.15, -0.1) is 0 Å². The first-order chi connectivity index (χ1) is 14.2. The minimum Gasteiger partial charge on any atom is -0.394 e. The molecule has 0 saturated carbocycles. The molecule has 0 aliphatic carbocycles. The molecule has 0 radical (unpaired) electrons. The van der Waals surface area contributed by atoms with Gasteiger partial charge < -0.3 is 20.9 Å². The van der Waals surface area contributed by atoms with E-state index < -0.39 is 36.0 Å². The first-order valence-electron chi connectivity index (χ1n) is 8.39. The normalized spacial score (nSPS) is 18.4. The highest BCUT2D eigenvalue weighted by Crippen LogP contribution is 2.38. The molecule has 156 valence electrons. The molecule has 3 rings (SSSR count). The number of aliphatic imine (C=N–C) groups is 1. The third-order valence-electron chi connectivity index (χ3n) is 4.15. The molecule has 0 fully saturated rings. The summed E-state index contributed by atoms with van der Waals surface area (Å²) in [6, 6.07) is 6.10. The zero-order chi connectivity index (χ0) is 21.9. The number of rotatable bonds is 4. The lowest BCUT2D eigenvalue weighted by Gasteiger charge is -2.33. The number of carbonyl (C=O) groups excluding carboxylic acids is 1. The second-order valence-corrected chi connectivity index (χ2v) is 6.26. The van der Waals surface area contributed by atoms with E-state index in [4.69, 9.17) is 26.2 Å². The minimum atomic E-state index is -3.13. The molecule has 2 heterocycles. The van der Waals surface area contributed by atoms with Gasteiger partial charge in [-0.1, -0.05) is 0 Å². The number of carbonyl (C=O) groups is 1. The highest BCUT2D eigenvalue weighted by Gasteiger charge is 2.46. The standard InChI is InChI=1S/C18H15F3N6O3/c19-12-2-1-10(4-11(12)18(16(20)21)8-29-7-14(24)27-18)26-17(28)30-15-13(23)3-9(5-22)6-25-15/h1-4,6,16H,7-8,23H2,(H2,24,27)(H,26,28). The molecule has 30 heavy (non-hydrogen) atoms. The Morgan fingerprint density at radius 1 is 1.37 bits per heavy atom. The van der Waals surface area contributed by atoms with E-state index in [1.807, 2.05) is 6.07 Å². The zero-order valence-corrected chi connectivity index (χ0v) is 15.2. The van der Waals surface area contributed by atoms with Crippen LogP contribution in [0.1, 0.15) is 11.1 Å². The van der Waals surface area contributed by atoms with Crippen LogP contribution in [-0.4, -0.2) is 36.6 Å². The number of nitrogens with zero attached hydrogens (tertiary/aromatic N) is 3. The van der Waals surface area contributed by atoms with Crippen molar-refractivity contribution in [2.24, 2.45) is 10.7 Å². The molecule has 0 bridgehead atoms. The number of hydrogen-bond donors (Lipinski definition) is 3. The molecule has 1 aromatic heterocycles. The first-order valence-corrected chi connectivity index (χ1v) is 8.39. The minimum absolute atomic E-state index is 0.0528. The lowest BCUT2D eigenvalue weighted by Crippen LogP contribution is -2.45. The van der Waals surface area contributed by atoms with E-state index in [1.54, 1.807) is 0 Å². The summed E-state index contributed by atoms with van der Waals surface area (Å²) in [4.78, 5) is 19.6. The van der Waals surface area contributed by atoms with E-state index in [2.05, 4.69) is 15.3 Å². The Labute approximate surface area is 168 Å². The van der Waals surface area contributed by atoms with E-state index in [-0.39, 0.29) is 35.3 Å². The molecule has 0 saturated heterocycles. The van der Waals surface area contributed by atoms with E-state index >= 15 is 0 Å². The number of pyridine rings is 1. The van der Waals surface area contributed by atoms with Gasteiger partial charge >= 0.3 is 6.09 Å². The van der Waals surface area contributed by atoms with Crippen molar-refractivity contribution in [3.63, 3.8) is 0 Å². The average molecular weight is 420 g/mol. The maximum atomic E-state index is 14.4. The van der Waals surface area contributed by atoms with Gasteiger partial charge in [-0.3, -0.25) is 10.3 Å². The Balaban J connectivity index is 1.86. The highest BCUT2D eigenvalue weighted by atomic mass is 19.3. The number of amides is 1. The smallest absolute Gasteiger partial charge is 0.394 e. The quantitative estimate of drug-likeness (QED) is 0.686. The molecular formula is C18H15F3N6O3. The maximum absolute atomic E-state index is 14.4. The van der Waals surface area contributed by atoms with Crippen LogP contribution in [0.4, 0.5) is 29.3 Å². The monoisotopic (exact) mass is 420 g/mol. The number of nitrogen functional groups attached to an aromatic ring is 1. The summed E-state index contributed by atoms with van der Waals surface area (Å²) in [5.41, 5.74) is 8.35. The van der Waals surface area contributed by atoms with Crippen molar-refractivity contribution in [3.8, 4) is 11.9 Å². The molecule has 1 aliphatic rings. The third kappa shape index (κ3) is 4.11. The van der Waals surface area contributed by atoms with E-state index in [1.165, 1.54) is 6.07 Å². The Morgan fingerprint density at radius 2 is 2.13 bits per heavy atom. The van der Waals surface area contributed by atoms with Crippen LogP contribution < -0.4 is 21.5 Å². The zero-order valence-electron chi connectivity index (χ0n) is 15.2. The topological polar surface area (TPSA) is 149 Å². The van der Waals surface area contributed by atoms with Gasteiger partial charge in [0.25, 0.3) is 6.43 Å². The number of ether oxygens (including phenoxy) is 2. The fourth-order valence-corrected chi connectivity index (χ4v) is 2.78. The average Bonchev–Trinajstić information content (AvgIpc) is 2.70. The fourth-order valence-electron chi connectivity index (χ4n) is 2.78. The van der Waals surface area contributed by atoms with Gasteiger partial charge in [0.05, 0.1) is 17.9 Å². The van der Waals surface area contributed by atoms with Crippen molar-refractivity contribution in [1.82, 2.24) is 4.98 Å². The maximum Gasteiger partial charge on any atom is 0.418 e. The summed E-state index contributed by atoms with van der Waals surface area (Å²) in [5, 5.41) is 11.1. The number of nitriles is 1. The fraction of sp³-hybridized carbons (Fsp3) is 0.222. The lowest BCUT2D eigenvalue weighted by atomic mass is 9.90. The predicted molar refractivity (Wildman–Crippen MR) is 99.5 cm³/mol. The number of benzene rings is 1. The number of nitrogens with one attached hydrogen (secondary N) is 1. The number of alkyl halides is 2. The molecule has 1 unspecified atom stereocenters. The van der Waals surface area contributed by atoms with Crippen molar-refractivity contribution >= 4 is 23.3 Å². The van der Waals surface area contributed by atoms with Gasteiger partial charge in [0.15, 0.2) is 5.54 Å². The van der Waals surface area contributed by atoms with Crippen LogP contribution in [0.3, 0.4) is 0 Å². The number of halogens is 3. The number of amidine groups is 1. The highest BCUT2D eigenvalue weighted by molar-refractivity contribution is 5.87. The third-order valence-corrected chi connectivity index (χ3v) is 4.15. The summed E-state index contributed by atoms with van der Waals surface area (Å²) >= 11 is 0. The summed E-state index contributed by atoms with van der Waals surface area (Å²) in [6.07, 6.45) is -3.05. The van der Waals surface area contributed by atoms with Crippen LogP contribution in [0.15, 0.2) is 35.5 Å². The van der Waals surface area contributed by atoms with Gasteiger partial charge in [0, 0.05) is 17.4 Å². The van der Waals surface area contributed by atoms with Gasteiger partial charge in [0.1, 0.15) is 24.3 Å². The summed E-state index contributed by atoms with van der Waals surface area (Å²) in [7, 11) is 0. The van der Waals surface area contributed by atoms with Crippen LogP contribution >= 0.6 is 0 Å². The van der Waals surface area contributed by atoms with Crippen molar-refractivity contribution in [2.45, 2.75) is 12.0 Å². The summed E-state index contributed by atoms with van der Waals surface area (Å²) < 4.78 is 52.1. The van der Waals surface area contributed by atoms with Crippen molar-refractivity contribution < 1.29 is 27.4 Å². The largest absolute Gasteiger partial charge is 0.418 e. The summed E-state index contributed by atoms with van der Waals surface area (Å²) in [5.74, 6) is -1.45. The lowest BCUT2D eigenvalue weighted by molar-refractivity contribution is -0.0145. The van der Waals surface area contributed by atoms with Gasteiger partial charge in [-0.2, -0.15) is 5.26 Å². The molecular weight excluding hydrogens is 405 g/mol. The van der Waals surface area contributed by atoms with E-state index in [0.29, 0.717) is 0 Å². The number of nitrogens with two attached hydrogens (primary N) is 2. The van der Waals surface area contributed by atoms with E-state index in [0.717, 1.165) is 24.4 Å².